The third-order valence-corrected chi connectivity index (χ3v) is 11.2. The summed E-state index contributed by atoms with van der Waals surface area (Å²) >= 11 is 6.15. The average molecular weight is 588 g/mol. The fourth-order valence-corrected chi connectivity index (χ4v) is 9.42. The van der Waals surface area contributed by atoms with Gasteiger partial charge in [-0.2, -0.15) is 0 Å². The molecule has 6 rings (SSSR count). The summed E-state index contributed by atoms with van der Waals surface area (Å²) in [6.45, 7) is 3.26. The summed E-state index contributed by atoms with van der Waals surface area (Å²) in [5.41, 5.74) is 3.34. The van der Waals surface area contributed by atoms with Crippen molar-refractivity contribution in [3.8, 4) is 0 Å². The quantitative estimate of drug-likeness (QED) is 0.147. The largest absolute Gasteiger partial charge is 0.356 e. The van der Waals surface area contributed by atoms with E-state index >= 15 is 0 Å². The second kappa shape index (κ2) is 13.2. The molecule has 2 atom stereocenters. The van der Waals surface area contributed by atoms with Crippen molar-refractivity contribution in [1.82, 2.24) is 16.0 Å². The summed E-state index contributed by atoms with van der Waals surface area (Å²) < 4.78 is 0. The van der Waals surface area contributed by atoms with Gasteiger partial charge in [0.2, 0.25) is 0 Å². The zero-order chi connectivity index (χ0) is 28.8. The van der Waals surface area contributed by atoms with Gasteiger partial charge in [0.1, 0.15) is 5.54 Å². The minimum absolute atomic E-state index is 0.0770. The Morgan fingerprint density at radius 1 is 0.810 bits per heavy atom. The molecule has 1 aliphatic heterocycles. The van der Waals surface area contributed by atoms with E-state index in [9.17, 15) is 0 Å². The zero-order valence-corrected chi connectivity index (χ0v) is 25.8. The van der Waals surface area contributed by atoms with E-state index < -0.39 is 13.5 Å². The van der Waals surface area contributed by atoms with Gasteiger partial charge in [-0.05, 0) is 85.5 Å². The molecule has 42 heavy (non-hydrogen) atoms. The van der Waals surface area contributed by atoms with E-state index in [-0.39, 0.29) is 12.1 Å². The Kier molecular flexibility index (Phi) is 8.95. The van der Waals surface area contributed by atoms with E-state index in [4.69, 9.17) is 12.2 Å². The van der Waals surface area contributed by atoms with Gasteiger partial charge in [-0.1, -0.05) is 133 Å². The van der Waals surface area contributed by atoms with Gasteiger partial charge in [-0.15, -0.1) is 0 Å². The molecular weight excluding hydrogens is 549 g/mol. The average Bonchev–Trinajstić information content (AvgIpc) is 3.76. The predicted octanol–water partition coefficient (Wildman–Crippen LogP) is 6.88. The van der Waals surface area contributed by atoms with Crippen molar-refractivity contribution in [1.29, 1.82) is 0 Å². The van der Waals surface area contributed by atoms with Crippen LogP contribution in [0.25, 0.3) is 0 Å². The molecule has 1 aliphatic carbocycles. The number of benzene rings is 4. The predicted molar refractivity (Wildman–Crippen MR) is 183 cm³/mol. The summed E-state index contributed by atoms with van der Waals surface area (Å²) in [4.78, 5) is 0. The normalized spacial score (nSPS) is 17.4. The molecule has 2 aliphatic rings. The lowest BCUT2D eigenvalue weighted by Crippen LogP contribution is -2.60. The first-order valence-electron chi connectivity index (χ1n) is 14.9. The molecule has 3 nitrogen and oxygen atoms in total. The van der Waals surface area contributed by atoms with Gasteiger partial charge >= 0.3 is 0 Å². The second-order valence-electron chi connectivity index (χ2n) is 11.0. The molecule has 4 aromatic rings. The van der Waals surface area contributed by atoms with Crippen LogP contribution in [0.3, 0.4) is 0 Å². The van der Waals surface area contributed by atoms with Crippen molar-refractivity contribution in [2.45, 2.75) is 43.8 Å². The molecule has 0 saturated carbocycles. The Bertz CT molecular complexity index is 1450. The zero-order valence-electron chi connectivity index (χ0n) is 24.0. The Hall–Kier alpha value is -3.56. The molecule has 1 unspecified atom stereocenters. The first-order valence-corrected chi connectivity index (χ1v) is 16.6. The van der Waals surface area contributed by atoms with Crippen molar-refractivity contribution in [2.75, 3.05) is 6.54 Å². The maximum absolute atomic E-state index is 6.15. The van der Waals surface area contributed by atoms with Crippen LogP contribution in [0.15, 0.2) is 144 Å². The summed E-state index contributed by atoms with van der Waals surface area (Å²) in [6.07, 6.45) is 7.80. The molecule has 1 fully saturated rings. The number of hydrogen-bond acceptors (Lipinski definition) is 2. The highest BCUT2D eigenvalue weighted by atomic mass is 32.1. The SMILES string of the molecule is C[C@@H](NC(=S)NC(c1ccccc1)(c1ccccc1)C1CCCN1)C1=C(P(c2ccccc2)c2ccccc2)C=CC1. The summed E-state index contributed by atoms with van der Waals surface area (Å²) in [5, 5.41) is 16.2. The highest BCUT2D eigenvalue weighted by Gasteiger charge is 2.44. The topological polar surface area (TPSA) is 36.1 Å². The van der Waals surface area contributed by atoms with Gasteiger partial charge in [0.15, 0.2) is 5.11 Å². The Labute approximate surface area is 256 Å². The van der Waals surface area contributed by atoms with Gasteiger partial charge in [0, 0.05) is 12.1 Å². The third kappa shape index (κ3) is 5.85. The summed E-state index contributed by atoms with van der Waals surface area (Å²) in [7, 11) is -0.676. The number of hydrogen-bond donors (Lipinski definition) is 3. The molecule has 4 aromatic carbocycles. The van der Waals surface area contributed by atoms with Gasteiger partial charge < -0.3 is 16.0 Å². The number of rotatable bonds is 9. The van der Waals surface area contributed by atoms with Gasteiger partial charge in [-0.3, -0.25) is 0 Å². The lowest BCUT2D eigenvalue weighted by atomic mass is 9.76. The van der Waals surface area contributed by atoms with Crippen LogP contribution in [-0.2, 0) is 5.54 Å². The van der Waals surface area contributed by atoms with Crippen LogP contribution in [0.5, 0.6) is 0 Å². The first-order chi connectivity index (χ1) is 20.7. The van der Waals surface area contributed by atoms with Crippen LogP contribution in [0.2, 0.25) is 0 Å². The number of thiocarbonyl (C=S) groups is 1. The van der Waals surface area contributed by atoms with Crippen LogP contribution in [-0.4, -0.2) is 23.7 Å². The maximum Gasteiger partial charge on any atom is 0.167 e. The molecule has 0 aromatic heterocycles. The Morgan fingerprint density at radius 2 is 1.33 bits per heavy atom. The molecule has 5 heteroatoms. The van der Waals surface area contributed by atoms with Crippen molar-refractivity contribution in [3.05, 3.63) is 155 Å². The standard InChI is InChI=1S/C37H38N3PS/c1-28(33-24-14-25-34(33)41(31-20-10-4-11-21-31)32-22-12-5-13-23-32)39-36(42)40-37(35-26-15-27-38-35,29-16-6-2-7-17-29)30-18-8-3-9-19-30/h2-14,16-23,25,28,35,38H,15,24,26-27H2,1H3,(H2,39,40,42)/t28-,35?/m1/s1. The minimum Gasteiger partial charge on any atom is -0.356 e. The lowest BCUT2D eigenvalue weighted by Gasteiger charge is -2.42. The Morgan fingerprint density at radius 3 is 1.83 bits per heavy atom. The van der Waals surface area contributed by atoms with Crippen LogP contribution in [0.1, 0.15) is 37.3 Å². The monoisotopic (exact) mass is 587 g/mol. The van der Waals surface area contributed by atoms with Crippen LogP contribution in [0, 0.1) is 0 Å². The molecule has 0 bridgehead atoms. The van der Waals surface area contributed by atoms with Gasteiger partial charge in [0.05, 0.1) is 0 Å². The smallest absolute Gasteiger partial charge is 0.167 e. The van der Waals surface area contributed by atoms with E-state index in [2.05, 4.69) is 156 Å². The maximum atomic E-state index is 6.15. The van der Waals surface area contributed by atoms with E-state index in [0.717, 1.165) is 25.8 Å². The van der Waals surface area contributed by atoms with Crippen molar-refractivity contribution >= 4 is 35.9 Å². The third-order valence-electron chi connectivity index (χ3n) is 8.43. The minimum atomic E-state index is -0.676. The molecule has 3 N–H and O–H groups in total. The molecule has 0 amide bonds. The van der Waals surface area contributed by atoms with Crippen molar-refractivity contribution in [2.24, 2.45) is 0 Å². The molecule has 212 valence electrons. The van der Waals surface area contributed by atoms with Gasteiger partial charge in [0.25, 0.3) is 0 Å². The fraction of sp³-hybridized carbons (Fsp3) is 0.216. The molecular formula is C37H38N3PS. The van der Waals surface area contributed by atoms with Gasteiger partial charge in [-0.25, -0.2) is 0 Å². The first kappa shape index (κ1) is 28.6. The lowest BCUT2D eigenvalue weighted by molar-refractivity contribution is 0.347. The molecule has 1 saturated heterocycles. The number of nitrogens with one attached hydrogen (secondary N) is 3. The fourth-order valence-electron chi connectivity index (χ4n) is 6.46. The summed E-state index contributed by atoms with van der Waals surface area (Å²) in [5.74, 6) is 0. The van der Waals surface area contributed by atoms with Crippen molar-refractivity contribution in [3.63, 3.8) is 0 Å². The van der Waals surface area contributed by atoms with Crippen LogP contribution >= 0.6 is 20.1 Å². The highest BCUT2D eigenvalue weighted by Crippen LogP contribution is 2.48. The van der Waals surface area contributed by atoms with Crippen molar-refractivity contribution < 1.29 is 0 Å². The van der Waals surface area contributed by atoms with Crippen LogP contribution < -0.4 is 26.6 Å². The van der Waals surface area contributed by atoms with E-state index in [1.54, 1.807) is 0 Å². The Balaban J connectivity index is 1.33. The molecule has 0 spiro atoms. The van der Waals surface area contributed by atoms with E-state index in [0.29, 0.717) is 5.11 Å². The van der Waals surface area contributed by atoms with E-state index in [1.807, 2.05) is 0 Å². The van der Waals surface area contributed by atoms with Crippen LogP contribution in [0.4, 0.5) is 0 Å². The van der Waals surface area contributed by atoms with E-state index in [1.165, 1.54) is 32.6 Å². The molecule has 0 radical (unpaired) electrons. The number of allylic oxidation sites excluding steroid dienone is 3. The highest BCUT2D eigenvalue weighted by molar-refractivity contribution is 7.80. The molecule has 1 heterocycles. The second-order valence-corrected chi connectivity index (χ2v) is 13.6. The summed E-state index contributed by atoms with van der Waals surface area (Å²) in [6, 6.07) is 43.7.